The van der Waals surface area contributed by atoms with E-state index >= 15 is 0 Å². The SMILES string of the molecule is C[C@H](CCC(=O)N(C)OCCN)[C@H]1CC[C@H]2[C@@H]3CC=C4C[C@@H](O)CC[C@]4(C)[C@H]3CC[C@]12C.Cl. The summed E-state index contributed by atoms with van der Waals surface area (Å²) in [6.45, 7) is 8.27. The van der Waals surface area contributed by atoms with Gasteiger partial charge in [-0.15, -0.1) is 12.4 Å². The highest BCUT2D eigenvalue weighted by Crippen LogP contribution is 2.67. The lowest BCUT2D eigenvalue weighted by Gasteiger charge is -2.58. The second-order valence-corrected chi connectivity index (χ2v) is 11.9. The zero-order chi connectivity index (χ0) is 23.1. The van der Waals surface area contributed by atoms with Crippen LogP contribution in [0.15, 0.2) is 11.6 Å². The molecular weight excluding hydrogens is 436 g/mol. The van der Waals surface area contributed by atoms with Crippen molar-refractivity contribution in [3.05, 3.63) is 11.6 Å². The van der Waals surface area contributed by atoms with Gasteiger partial charge in [-0.2, -0.15) is 0 Å². The number of aliphatic hydroxyl groups is 1. The first-order valence-electron chi connectivity index (χ1n) is 13.2. The Morgan fingerprint density at radius 1 is 1.24 bits per heavy atom. The van der Waals surface area contributed by atoms with Crippen molar-refractivity contribution in [1.29, 1.82) is 0 Å². The fourth-order valence-corrected chi connectivity index (χ4v) is 8.59. The maximum Gasteiger partial charge on any atom is 0.245 e. The Morgan fingerprint density at radius 3 is 2.73 bits per heavy atom. The number of fused-ring (bicyclic) bond motifs is 5. The second-order valence-electron chi connectivity index (χ2n) is 11.9. The molecule has 1 amide bonds. The molecule has 0 aromatic rings. The molecule has 0 radical (unpaired) electrons. The van der Waals surface area contributed by atoms with Gasteiger partial charge in [-0.25, -0.2) is 5.06 Å². The van der Waals surface area contributed by atoms with Gasteiger partial charge in [0.2, 0.25) is 5.91 Å². The largest absolute Gasteiger partial charge is 0.393 e. The third kappa shape index (κ3) is 4.90. The molecule has 3 saturated carbocycles. The monoisotopic (exact) mass is 482 g/mol. The molecule has 3 fully saturated rings. The molecule has 0 aromatic carbocycles. The topological polar surface area (TPSA) is 75.8 Å². The van der Waals surface area contributed by atoms with Crippen LogP contribution in [0, 0.1) is 40.4 Å². The molecule has 190 valence electrons. The number of nitrogens with two attached hydrogens (primary N) is 1. The van der Waals surface area contributed by atoms with Gasteiger partial charge in [0.25, 0.3) is 0 Å². The van der Waals surface area contributed by atoms with E-state index in [4.69, 9.17) is 10.6 Å². The minimum Gasteiger partial charge on any atom is -0.393 e. The lowest BCUT2D eigenvalue weighted by atomic mass is 9.47. The molecule has 0 aromatic heterocycles. The van der Waals surface area contributed by atoms with Gasteiger partial charge in [0.15, 0.2) is 0 Å². The Hall–Kier alpha value is -0.620. The van der Waals surface area contributed by atoms with Crippen LogP contribution in [-0.4, -0.2) is 42.4 Å². The molecule has 4 aliphatic rings. The molecule has 0 heterocycles. The van der Waals surface area contributed by atoms with Crippen molar-refractivity contribution in [2.45, 2.75) is 91.1 Å². The van der Waals surface area contributed by atoms with E-state index < -0.39 is 0 Å². The summed E-state index contributed by atoms with van der Waals surface area (Å²) in [6, 6.07) is 0. The summed E-state index contributed by atoms with van der Waals surface area (Å²) < 4.78 is 0. The predicted molar refractivity (Wildman–Crippen MR) is 135 cm³/mol. The van der Waals surface area contributed by atoms with Crippen LogP contribution in [0.3, 0.4) is 0 Å². The van der Waals surface area contributed by atoms with E-state index in [9.17, 15) is 9.90 Å². The number of nitrogens with zero attached hydrogens (tertiary/aromatic N) is 1. The maximum atomic E-state index is 12.4. The van der Waals surface area contributed by atoms with Crippen LogP contribution in [0.5, 0.6) is 0 Å². The average Bonchev–Trinajstić information content (AvgIpc) is 3.13. The Labute approximate surface area is 207 Å². The van der Waals surface area contributed by atoms with Crippen molar-refractivity contribution in [3.8, 4) is 0 Å². The van der Waals surface area contributed by atoms with Gasteiger partial charge in [-0.3, -0.25) is 9.63 Å². The van der Waals surface area contributed by atoms with Crippen LogP contribution in [0.2, 0.25) is 0 Å². The number of hydrogen-bond donors (Lipinski definition) is 2. The molecule has 0 bridgehead atoms. The summed E-state index contributed by atoms with van der Waals surface area (Å²) >= 11 is 0. The maximum absolute atomic E-state index is 12.4. The Balaban J connectivity index is 0.00000306. The number of aliphatic hydroxyl groups excluding tert-OH is 1. The normalized spacial score (nSPS) is 40.5. The average molecular weight is 483 g/mol. The first-order chi connectivity index (χ1) is 15.2. The highest BCUT2D eigenvalue weighted by molar-refractivity contribution is 5.85. The standard InChI is InChI=1S/C27H46N2O3.ClH/c1-18(5-10-25(31)29(4)32-16-15-28)22-8-9-23-21-7-6-19-17-20(30)11-13-26(19,2)24(21)12-14-27(22,23)3;/h6,18,20-24,30H,5,7-17,28H2,1-4H3;1H/t18-,20+,21+,22-,23+,24+,26+,27-;/m1./s1. The quantitative estimate of drug-likeness (QED) is 0.390. The number of hydrogen-bond acceptors (Lipinski definition) is 4. The molecule has 0 saturated heterocycles. The minimum atomic E-state index is -0.126. The summed E-state index contributed by atoms with van der Waals surface area (Å²) in [5.74, 6) is 3.73. The van der Waals surface area contributed by atoms with E-state index in [2.05, 4.69) is 26.8 Å². The number of carbonyl (C=O) groups is 1. The smallest absolute Gasteiger partial charge is 0.245 e. The van der Waals surface area contributed by atoms with Gasteiger partial charge >= 0.3 is 0 Å². The van der Waals surface area contributed by atoms with Crippen molar-refractivity contribution in [2.75, 3.05) is 20.2 Å². The second kappa shape index (κ2) is 10.6. The summed E-state index contributed by atoms with van der Waals surface area (Å²) in [7, 11) is 1.70. The van der Waals surface area contributed by atoms with Crippen molar-refractivity contribution in [2.24, 2.45) is 46.2 Å². The van der Waals surface area contributed by atoms with Crippen molar-refractivity contribution < 1.29 is 14.7 Å². The van der Waals surface area contributed by atoms with E-state index in [1.165, 1.54) is 37.2 Å². The van der Waals surface area contributed by atoms with Crippen LogP contribution in [0.25, 0.3) is 0 Å². The molecule has 3 N–H and O–H groups in total. The first-order valence-corrected chi connectivity index (χ1v) is 13.2. The van der Waals surface area contributed by atoms with Crippen LogP contribution < -0.4 is 5.73 Å². The fraction of sp³-hybridized carbons (Fsp3) is 0.889. The third-order valence-corrected chi connectivity index (χ3v) is 10.4. The van der Waals surface area contributed by atoms with Crippen LogP contribution >= 0.6 is 12.4 Å². The Morgan fingerprint density at radius 2 is 2.00 bits per heavy atom. The molecule has 8 atom stereocenters. The van der Waals surface area contributed by atoms with Gasteiger partial charge in [0.1, 0.15) is 0 Å². The number of allylic oxidation sites excluding steroid dienone is 1. The van der Waals surface area contributed by atoms with Gasteiger partial charge in [0, 0.05) is 20.0 Å². The molecule has 4 aliphatic carbocycles. The number of amides is 1. The van der Waals surface area contributed by atoms with Gasteiger partial charge in [0.05, 0.1) is 12.7 Å². The zero-order valence-corrected chi connectivity index (χ0v) is 22.0. The first kappa shape index (κ1) is 27.0. The lowest BCUT2D eigenvalue weighted by Crippen LogP contribution is -2.50. The van der Waals surface area contributed by atoms with Crippen molar-refractivity contribution in [1.82, 2.24) is 5.06 Å². The number of hydroxylamine groups is 2. The molecule has 6 heteroatoms. The van der Waals surface area contributed by atoms with Crippen molar-refractivity contribution >= 4 is 18.3 Å². The highest BCUT2D eigenvalue weighted by Gasteiger charge is 2.59. The highest BCUT2D eigenvalue weighted by atomic mass is 35.5. The molecule has 0 spiro atoms. The molecule has 33 heavy (non-hydrogen) atoms. The molecular formula is C27H47ClN2O3. The van der Waals surface area contributed by atoms with Crippen molar-refractivity contribution in [3.63, 3.8) is 0 Å². The third-order valence-electron chi connectivity index (χ3n) is 10.4. The van der Waals surface area contributed by atoms with E-state index in [1.807, 2.05) is 0 Å². The van der Waals surface area contributed by atoms with E-state index in [-0.39, 0.29) is 24.4 Å². The zero-order valence-electron chi connectivity index (χ0n) is 21.2. The predicted octanol–water partition coefficient (Wildman–Crippen LogP) is 5.11. The van der Waals surface area contributed by atoms with Gasteiger partial charge < -0.3 is 10.8 Å². The van der Waals surface area contributed by atoms with Gasteiger partial charge in [-0.1, -0.05) is 32.4 Å². The fourth-order valence-electron chi connectivity index (χ4n) is 8.59. The number of rotatable bonds is 7. The lowest BCUT2D eigenvalue weighted by molar-refractivity contribution is -0.177. The van der Waals surface area contributed by atoms with Crippen LogP contribution in [0.1, 0.15) is 85.0 Å². The summed E-state index contributed by atoms with van der Waals surface area (Å²) in [5, 5.41) is 11.6. The van der Waals surface area contributed by atoms with Crippen LogP contribution in [0.4, 0.5) is 0 Å². The number of carbonyl (C=O) groups excluding carboxylic acids is 1. The molecule has 4 rings (SSSR count). The summed E-state index contributed by atoms with van der Waals surface area (Å²) in [6.07, 6.45) is 13.5. The molecule has 0 aliphatic heterocycles. The van der Waals surface area contributed by atoms with E-state index in [0.717, 1.165) is 43.4 Å². The summed E-state index contributed by atoms with van der Waals surface area (Å²) in [5.41, 5.74) is 7.75. The molecule has 0 unspecified atom stereocenters. The summed E-state index contributed by atoms with van der Waals surface area (Å²) in [4.78, 5) is 17.8. The van der Waals surface area contributed by atoms with E-state index in [0.29, 0.717) is 42.2 Å². The van der Waals surface area contributed by atoms with E-state index in [1.54, 1.807) is 12.6 Å². The minimum absolute atomic E-state index is 0. The number of halogens is 1. The Kier molecular flexibility index (Phi) is 8.63. The van der Waals surface area contributed by atoms with Crippen LogP contribution in [-0.2, 0) is 9.63 Å². The van der Waals surface area contributed by atoms with Gasteiger partial charge in [-0.05, 0) is 98.2 Å². The Bertz CT molecular complexity index is 730. The molecule has 5 nitrogen and oxygen atoms in total.